The molecule has 0 bridgehead atoms. The van der Waals surface area contributed by atoms with Crippen LogP contribution in [-0.4, -0.2) is 37.8 Å². The number of anilines is 1. The SMILES string of the molecule is COCCOCC(=O)Nc1cc(CCl)ccn1. The Balaban J connectivity index is 2.34. The molecule has 0 aliphatic carbocycles. The normalized spacial score (nSPS) is 10.2. The molecule has 1 aromatic rings. The van der Waals surface area contributed by atoms with Gasteiger partial charge in [-0.15, -0.1) is 11.6 Å². The van der Waals surface area contributed by atoms with Crippen molar-refractivity contribution in [3.05, 3.63) is 23.9 Å². The van der Waals surface area contributed by atoms with Crippen molar-refractivity contribution < 1.29 is 14.3 Å². The van der Waals surface area contributed by atoms with Crippen LogP contribution < -0.4 is 5.32 Å². The summed E-state index contributed by atoms with van der Waals surface area (Å²) in [5.74, 6) is 0.610. The van der Waals surface area contributed by atoms with Crippen molar-refractivity contribution in [3.8, 4) is 0 Å². The maximum absolute atomic E-state index is 11.4. The van der Waals surface area contributed by atoms with Crippen LogP contribution in [0.25, 0.3) is 0 Å². The van der Waals surface area contributed by atoms with Gasteiger partial charge in [0.05, 0.1) is 13.2 Å². The summed E-state index contributed by atoms with van der Waals surface area (Å²) < 4.78 is 9.86. The molecular weight excluding hydrogens is 244 g/mol. The molecule has 1 rings (SSSR count). The Kier molecular flexibility index (Phi) is 6.54. The van der Waals surface area contributed by atoms with Gasteiger partial charge in [-0.05, 0) is 17.7 Å². The van der Waals surface area contributed by atoms with Gasteiger partial charge in [-0.1, -0.05) is 0 Å². The molecule has 0 fully saturated rings. The van der Waals surface area contributed by atoms with Gasteiger partial charge in [-0.25, -0.2) is 4.98 Å². The molecule has 0 spiro atoms. The van der Waals surface area contributed by atoms with Crippen molar-refractivity contribution >= 4 is 23.3 Å². The van der Waals surface area contributed by atoms with E-state index >= 15 is 0 Å². The monoisotopic (exact) mass is 258 g/mol. The number of methoxy groups -OCH3 is 1. The number of nitrogens with zero attached hydrogens (tertiary/aromatic N) is 1. The molecule has 1 N–H and O–H groups in total. The lowest BCUT2D eigenvalue weighted by atomic mass is 10.3. The van der Waals surface area contributed by atoms with Gasteiger partial charge >= 0.3 is 0 Å². The number of halogens is 1. The van der Waals surface area contributed by atoms with E-state index in [1.807, 2.05) is 0 Å². The summed E-state index contributed by atoms with van der Waals surface area (Å²) in [5.41, 5.74) is 0.900. The second-order valence-corrected chi connectivity index (χ2v) is 3.54. The lowest BCUT2D eigenvalue weighted by Crippen LogP contribution is -2.20. The summed E-state index contributed by atoms with van der Waals surface area (Å²) in [7, 11) is 1.57. The summed E-state index contributed by atoms with van der Waals surface area (Å²) in [6.07, 6.45) is 1.60. The highest BCUT2D eigenvalue weighted by molar-refractivity contribution is 6.17. The largest absolute Gasteiger partial charge is 0.382 e. The summed E-state index contributed by atoms with van der Waals surface area (Å²) in [4.78, 5) is 15.4. The minimum atomic E-state index is -0.250. The molecule has 94 valence electrons. The topological polar surface area (TPSA) is 60.5 Å². The predicted molar refractivity (Wildman–Crippen MR) is 65.1 cm³/mol. The molecule has 0 saturated heterocycles. The fourth-order valence-corrected chi connectivity index (χ4v) is 1.28. The Hall–Kier alpha value is -1.17. The van der Waals surface area contributed by atoms with E-state index in [2.05, 4.69) is 10.3 Å². The molecule has 1 aromatic heterocycles. The standard InChI is InChI=1S/C11H15ClN2O3/c1-16-4-5-17-8-11(15)14-10-6-9(7-12)2-3-13-10/h2-3,6H,4-5,7-8H2,1H3,(H,13,14,15). The molecule has 0 aliphatic heterocycles. The zero-order valence-corrected chi connectivity index (χ0v) is 10.4. The number of pyridine rings is 1. The number of aromatic nitrogens is 1. The first kappa shape index (κ1) is 13.9. The number of carbonyl (C=O) groups is 1. The van der Waals surface area contributed by atoms with Crippen molar-refractivity contribution in [3.63, 3.8) is 0 Å². The molecule has 0 aromatic carbocycles. The summed E-state index contributed by atoms with van der Waals surface area (Å²) in [6.45, 7) is 0.836. The minimum absolute atomic E-state index is 0.0177. The number of hydrogen-bond acceptors (Lipinski definition) is 4. The van der Waals surface area contributed by atoms with E-state index in [1.54, 1.807) is 25.4 Å². The Bertz CT molecular complexity index is 360. The fourth-order valence-electron chi connectivity index (χ4n) is 1.11. The molecular formula is C11H15ClN2O3. The first-order valence-electron chi connectivity index (χ1n) is 5.13. The van der Waals surface area contributed by atoms with Gasteiger partial charge in [-0.2, -0.15) is 0 Å². The van der Waals surface area contributed by atoms with Crippen molar-refractivity contribution in [1.29, 1.82) is 0 Å². The van der Waals surface area contributed by atoms with Gasteiger partial charge in [0.2, 0.25) is 0 Å². The van der Waals surface area contributed by atoms with Gasteiger partial charge in [-0.3, -0.25) is 4.79 Å². The number of carbonyl (C=O) groups excluding carboxylic acids is 1. The van der Waals surface area contributed by atoms with E-state index in [-0.39, 0.29) is 12.5 Å². The third-order valence-corrected chi connectivity index (χ3v) is 2.22. The fraction of sp³-hybridized carbons (Fsp3) is 0.455. The van der Waals surface area contributed by atoms with Crippen LogP contribution in [0.5, 0.6) is 0 Å². The highest BCUT2D eigenvalue weighted by Crippen LogP contribution is 2.08. The third-order valence-electron chi connectivity index (χ3n) is 1.91. The van der Waals surface area contributed by atoms with Crippen LogP contribution in [0.4, 0.5) is 5.82 Å². The van der Waals surface area contributed by atoms with Gasteiger partial charge < -0.3 is 14.8 Å². The van der Waals surface area contributed by atoms with Crippen LogP contribution in [-0.2, 0) is 20.1 Å². The van der Waals surface area contributed by atoms with Crippen LogP contribution in [0, 0.1) is 0 Å². The Morgan fingerprint density at radius 2 is 2.35 bits per heavy atom. The molecule has 0 saturated carbocycles. The van der Waals surface area contributed by atoms with Crippen LogP contribution >= 0.6 is 11.6 Å². The van der Waals surface area contributed by atoms with E-state index in [1.165, 1.54) is 0 Å². The van der Waals surface area contributed by atoms with E-state index in [4.69, 9.17) is 21.1 Å². The van der Waals surface area contributed by atoms with Crippen LogP contribution in [0.2, 0.25) is 0 Å². The predicted octanol–water partition coefficient (Wildman–Crippen LogP) is 1.42. The number of hydrogen-bond donors (Lipinski definition) is 1. The van der Waals surface area contributed by atoms with Crippen molar-refractivity contribution in [2.45, 2.75) is 5.88 Å². The lowest BCUT2D eigenvalue weighted by molar-refractivity contribution is -0.121. The van der Waals surface area contributed by atoms with Crippen LogP contribution in [0.15, 0.2) is 18.3 Å². The summed E-state index contributed by atoms with van der Waals surface area (Å²) in [5, 5.41) is 2.62. The third kappa shape index (κ3) is 5.63. The summed E-state index contributed by atoms with van der Waals surface area (Å²) in [6, 6.07) is 3.51. The molecule has 6 heteroatoms. The van der Waals surface area contributed by atoms with E-state index in [0.29, 0.717) is 24.9 Å². The number of nitrogens with one attached hydrogen (secondary N) is 1. The first-order valence-corrected chi connectivity index (χ1v) is 5.67. The second-order valence-electron chi connectivity index (χ2n) is 3.28. The number of amides is 1. The Labute approximate surface area is 105 Å². The van der Waals surface area contributed by atoms with E-state index in [9.17, 15) is 4.79 Å². The van der Waals surface area contributed by atoms with Gasteiger partial charge in [0.1, 0.15) is 12.4 Å². The second kappa shape index (κ2) is 8.00. The zero-order chi connectivity index (χ0) is 12.5. The highest BCUT2D eigenvalue weighted by Gasteiger charge is 2.03. The lowest BCUT2D eigenvalue weighted by Gasteiger charge is -2.06. The van der Waals surface area contributed by atoms with Gasteiger partial charge in [0.15, 0.2) is 0 Å². The number of ether oxygens (including phenoxy) is 2. The van der Waals surface area contributed by atoms with Gasteiger partial charge in [0, 0.05) is 19.2 Å². The molecule has 17 heavy (non-hydrogen) atoms. The van der Waals surface area contributed by atoms with Crippen LogP contribution in [0.3, 0.4) is 0 Å². The molecule has 0 aliphatic rings. The van der Waals surface area contributed by atoms with Gasteiger partial charge in [0.25, 0.3) is 5.91 Å². The summed E-state index contributed by atoms with van der Waals surface area (Å²) >= 11 is 5.67. The minimum Gasteiger partial charge on any atom is -0.382 e. The number of alkyl halides is 1. The van der Waals surface area contributed by atoms with Crippen molar-refractivity contribution in [1.82, 2.24) is 4.98 Å². The zero-order valence-electron chi connectivity index (χ0n) is 9.61. The molecule has 0 atom stereocenters. The van der Waals surface area contributed by atoms with E-state index in [0.717, 1.165) is 5.56 Å². The molecule has 1 amide bonds. The quantitative estimate of drug-likeness (QED) is 0.594. The Morgan fingerprint density at radius 3 is 3.06 bits per heavy atom. The molecule has 5 nitrogen and oxygen atoms in total. The molecule has 0 unspecified atom stereocenters. The maximum atomic E-state index is 11.4. The van der Waals surface area contributed by atoms with Crippen molar-refractivity contribution in [2.24, 2.45) is 0 Å². The smallest absolute Gasteiger partial charge is 0.251 e. The molecule has 0 radical (unpaired) electrons. The first-order chi connectivity index (χ1) is 8.26. The number of rotatable bonds is 7. The molecule has 1 heterocycles. The maximum Gasteiger partial charge on any atom is 0.251 e. The highest BCUT2D eigenvalue weighted by atomic mass is 35.5. The van der Waals surface area contributed by atoms with Crippen molar-refractivity contribution in [2.75, 3.05) is 32.2 Å². The van der Waals surface area contributed by atoms with E-state index < -0.39 is 0 Å². The average molecular weight is 259 g/mol. The Morgan fingerprint density at radius 1 is 1.53 bits per heavy atom. The van der Waals surface area contributed by atoms with Crippen LogP contribution in [0.1, 0.15) is 5.56 Å². The average Bonchev–Trinajstić information content (AvgIpc) is 2.35.